The highest BCUT2D eigenvalue weighted by Gasteiger charge is 2.31. The molecule has 0 aliphatic rings. The van der Waals surface area contributed by atoms with Gasteiger partial charge < -0.3 is 25.2 Å². The molecule has 0 saturated heterocycles. The van der Waals surface area contributed by atoms with E-state index in [1.165, 1.54) is 25.3 Å². The van der Waals surface area contributed by atoms with E-state index >= 15 is 0 Å². The van der Waals surface area contributed by atoms with Crippen LogP contribution < -0.4 is 20.1 Å². The number of hydrogen-bond donors (Lipinski definition) is 3. The highest BCUT2D eigenvalue weighted by Crippen LogP contribution is 2.32. The second-order valence-electron chi connectivity index (χ2n) is 6.16. The highest BCUT2D eigenvalue weighted by atomic mass is 35.5. The Morgan fingerprint density at radius 3 is 2.61 bits per heavy atom. The van der Waals surface area contributed by atoms with E-state index in [1.54, 1.807) is 30.3 Å². The fourth-order valence-electron chi connectivity index (χ4n) is 2.67. The monoisotopic (exact) mass is 454 g/mol. The molecule has 3 N–H and O–H groups in total. The molecule has 0 amide bonds. The molecule has 2 aromatic carbocycles. The van der Waals surface area contributed by atoms with Crippen LogP contribution in [-0.4, -0.2) is 41.7 Å². The molecule has 0 saturated carbocycles. The van der Waals surface area contributed by atoms with Crippen LogP contribution in [0.2, 0.25) is 5.02 Å². The summed E-state index contributed by atoms with van der Waals surface area (Å²) in [5.74, 6) is 0.625. The molecule has 0 fully saturated rings. The Morgan fingerprint density at radius 1 is 1.10 bits per heavy atom. The first-order valence-corrected chi connectivity index (χ1v) is 9.36. The third-order valence-electron chi connectivity index (χ3n) is 3.91. The SMILES string of the molecule is COc1ccc(Cl)cc1Nc1cc(-c2cccc(OC(F)(F)F)c2)nc(NCCO)n1. The predicted octanol–water partition coefficient (Wildman–Crippen LogP) is 4.85. The van der Waals surface area contributed by atoms with E-state index in [1.807, 2.05) is 0 Å². The normalized spacial score (nSPS) is 11.2. The lowest BCUT2D eigenvalue weighted by Gasteiger charge is -2.14. The van der Waals surface area contributed by atoms with Crippen LogP contribution >= 0.6 is 11.6 Å². The smallest absolute Gasteiger partial charge is 0.495 e. The second-order valence-corrected chi connectivity index (χ2v) is 6.59. The summed E-state index contributed by atoms with van der Waals surface area (Å²) in [5, 5.41) is 15.5. The Morgan fingerprint density at radius 2 is 1.90 bits per heavy atom. The summed E-state index contributed by atoms with van der Waals surface area (Å²) in [6, 6.07) is 12.0. The topological polar surface area (TPSA) is 88.5 Å². The number of hydrogen-bond acceptors (Lipinski definition) is 7. The third-order valence-corrected chi connectivity index (χ3v) is 4.14. The summed E-state index contributed by atoms with van der Waals surface area (Å²) in [5.41, 5.74) is 1.23. The molecule has 0 unspecified atom stereocenters. The van der Waals surface area contributed by atoms with Gasteiger partial charge in [-0.05, 0) is 30.3 Å². The highest BCUT2D eigenvalue weighted by molar-refractivity contribution is 6.31. The summed E-state index contributed by atoms with van der Waals surface area (Å²) in [7, 11) is 1.50. The summed E-state index contributed by atoms with van der Waals surface area (Å²) in [6.07, 6.45) is -4.81. The Hall–Kier alpha value is -3.24. The van der Waals surface area contributed by atoms with Crippen molar-refractivity contribution in [2.24, 2.45) is 0 Å². The van der Waals surface area contributed by atoms with Crippen molar-refractivity contribution < 1.29 is 27.8 Å². The Balaban J connectivity index is 2.00. The number of aliphatic hydroxyl groups is 1. The van der Waals surface area contributed by atoms with Crippen LogP contribution in [-0.2, 0) is 0 Å². The molecule has 3 rings (SSSR count). The molecule has 0 radical (unpaired) electrons. The number of nitrogens with one attached hydrogen (secondary N) is 2. The Bertz CT molecular complexity index is 1050. The summed E-state index contributed by atoms with van der Waals surface area (Å²) in [4.78, 5) is 8.64. The van der Waals surface area contributed by atoms with Crippen molar-refractivity contribution in [3.63, 3.8) is 0 Å². The van der Waals surface area contributed by atoms with E-state index in [4.69, 9.17) is 21.4 Å². The van der Waals surface area contributed by atoms with Crippen molar-refractivity contribution in [2.45, 2.75) is 6.36 Å². The molecule has 3 aromatic rings. The average Bonchev–Trinajstić information content (AvgIpc) is 2.71. The van der Waals surface area contributed by atoms with E-state index in [-0.39, 0.29) is 24.8 Å². The number of aliphatic hydroxyl groups excluding tert-OH is 1. The van der Waals surface area contributed by atoms with Crippen LogP contribution in [0.3, 0.4) is 0 Å². The van der Waals surface area contributed by atoms with Crippen LogP contribution in [0, 0.1) is 0 Å². The van der Waals surface area contributed by atoms with Gasteiger partial charge in [-0.3, -0.25) is 0 Å². The van der Waals surface area contributed by atoms with Gasteiger partial charge in [0.15, 0.2) is 0 Å². The van der Waals surface area contributed by atoms with Gasteiger partial charge in [-0.2, -0.15) is 4.98 Å². The van der Waals surface area contributed by atoms with Gasteiger partial charge in [0, 0.05) is 23.2 Å². The van der Waals surface area contributed by atoms with E-state index in [9.17, 15) is 13.2 Å². The minimum Gasteiger partial charge on any atom is -0.495 e. The molecule has 0 aliphatic heterocycles. The summed E-state index contributed by atoms with van der Waals surface area (Å²) >= 11 is 6.06. The van der Waals surface area contributed by atoms with Gasteiger partial charge in [0.05, 0.1) is 25.1 Å². The van der Waals surface area contributed by atoms with Gasteiger partial charge in [-0.15, -0.1) is 13.2 Å². The van der Waals surface area contributed by atoms with Crippen LogP contribution in [0.5, 0.6) is 11.5 Å². The lowest BCUT2D eigenvalue weighted by molar-refractivity contribution is -0.274. The molecule has 0 spiro atoms. The van der Waals surface area contributed by atoms with E-state index in [0.29, 0.717) is 33.5 Å². The van der Waals surface area contributed by atoms with Crippen LogP contribution in [0.15, 0.2) is 48.5 Å². The number of benzene rings is 2. The van der Waals surface area contributed by atoms with Crippen LogP contribution in [0.4, 0.5) is 30.6 Å². The van der Waals surface area contributed by atoms with Gasteiger partial charge >= 0.3 is 6.36 Å². The van der Waals surface area contributed by atoms with Gasteiger partial charge in [0.25, 0.3) is 0 Å². The molecule has 7 nitrogen and oxygen atoms in total. The molecule has 0 bridgehead atoms. The van der Waals surface area contributed by atoms with Gasteiger partial charge in [0.1, 0.15) is 17.3 Å². The van der Waals surface area contributed by atoms with Gasteiger partial charge in [0.2, 0.25) is 5.95 Å². The molecule has 11 heteroatoms. The lowest BCUT2D eigenvalue weighted by Crippen LogP contribution is -2.17. The Labute approximate surface area is 180 Å². The average molecular weight is 455 g/mol. The molecule has 0 aliphatic carbocycles. The summed E-state index contributed by atoms with van der Waals surface area (Å²) in [6.45, 7) is 0.0218. The zero-order valence-electron chi connectivity index (χ0n) is 16.2. The van der Waals surface area contributed by atoms with E-state index in [0.717, 1.165) is 0 Å². The van der Waals surface area contributed by atoms with Crippen molar-refractivity contribution in [3.8, 4) is 22.8 Å². The maximum absolute atomic E-state index is 12.6. The van der Waals surface area contributed by atoms with Crippen molar-refractivity contribution in [3.05, 3.63) is 53.6 Å². The number of anilines is 3. The first kappa shape index (κ1) is 22.4. The fourth-order valence-corrected chi connectivity index (χ4v) is 2.85. The summed E-state index contributed by atoms with van der Waals surface area (Å²) < 4.78 is 47.0. The number of halogens is 4. The zero-order chi connectivity index (χ0) is 22.4. The van der Waals surface area contributed by atoms with Gasteiger partial charge in [-0.1, -0.05) is 23.7 Å². The first-order valence-electron chi connectivity index (χ1n) is 8.98. The number of alkyl halides is 3. The van der Waals surface area contributed by atoms with E-state index in [2.05, 4.69) is 25.3 Å². The van der Waals surface area contributed by atoms with Crippen LogP contribution in [0.1, 0.15) is 0 Å². The second kappa shape index (κ2) is 9.71. The zero-order valence-corrected chi connectivity index (χ0v) is 17.0. The van der Waals surface area contributed by atoms with Crippen molar-refractivity contribution in [1.29, 1.82) is 0 Å². The van der Waals surface area contributed by atoms with Crippen molar-refractivity contribution in [1.82, 2.24) is 9.97 Å². The van der Waals surface area contributed by atoms with Crippen molar-refractivity contribution in [2.75, 3.05) is 30.9 Å². The number of ether oxygens (including phenoxy) is 2. The maximum atomic E-state index is 12.6. The third kappa shape index (κ3) is 6.37. The Kier molecular flexibility index (Phi) is 7.03. The van der Waals surface area contributed by atoms with Crippen molar-refractivity contribution >= 4 is 29.1 Å². The quantitative estimate of drug-likeness (QED) is 0.448. The molecule has 164 valence electrons. The van der Waals surface area contributed by atoms with Gasteiger partial charge in [-0.25, -0.2) is 4.98 Å². The van der Waals surface area contributed by atoms with E-state index < -0.39 is 6.36 Å². The van der Waals surface area contributed by atoms with Crippen LogP contribution in [0.25, 0.3) is 11.3 Å². The first-order chi connectivity index (χ1) is 14.8. The fraction of sp³-hybridized carbons (Fsp3) is 0.200. The predicted molar refractivity (Wildman–Crippen MR) is 111 cm³/mol. The molecule has 31 heavy (non-hydrogen) atoms. The molecule has 0 atom stereocenters. The largest absolute Gasteiger partial charge is 0.573 e. The molecular weight excluding hydrogens is 437 g/mol. The maximum Gasteiger partial charge on any atom is 0.573 e. The number of rotatable bonds is 8. The number of nitrogens with zero attached hydrogens (tertiary/aromatic N) is 2. The minimum atomic E-state index is -4.81. The number of methoxy groups -OCH3 is 1. The number of aromatic nitrogens is 2. The molecule has 1 heterocycles. The molecular formula is C20H18ClF3N4O3. The standard InChI is InChI=1S/C20H18ClF3N4O3/c1-30-17-6-5-13(21)10-16(17)26-18-11-15(27-19(28-18)25-7-8-29)12-3-2-4-14(9-12)31-20(22,23)24/h2-6,9-11,29H,7-8H2,1H3,(H2,25,26,27,28). The lowest BCUT2D eigenvalue weighted by atomic mass is 10.1. The molecule has 1 aromatic heterocycles. The minimum absolute atomic E-state index is 0.159.